The largest absolute Gasteiger partial charge is 0.344 e. The number of benzene rings is 6. The fourth-order valence-corrected chi connectivity index (χ4v) is 6.58. The van der Waals surface area contributed by atoms with Crippen molar-refractivity contribution in [2.45, 2.75) is 6.17 Å². The van der Waals surface area contributed by atoms with Crippen molar-refractivity contribution in [3.05, 3.63) is 181 Å². The number of nitrogens with one attached hydrogen (secondary N) is 1. The average Bonchev–Trinajstić information content (AvgIpc) is 3.17. The Kier molecular flexibility index (Phi) is 6.79. The van der Waals surface area contributed by atoms with Gasteiger partial charge in [0.05, 0.1) is 11.2 Å². The minimum atomic E-state index is -0.392. The molecule has 1 aliphatic rings. The van der Waals surface area contributed by atoms with E-state index in [-0.39, 0.29) is 0 Å². The van der Waals surface area contributed by atoms with E-state index in [2.05, 4.69) is 119 Å². The minimum Gasteiger partial charge on any atom is -0.344 e. The van der Waals surface area contributed by atoms with Gasteiger partial charge in [-0.1, -0.05) is 115 Å². The van der Waals surface area contributed by atoms with E-state index in [1.54, 1.807) is 0 Å². The van der Waals surface area contributed by atoms with Crippen molar-refractivity contribution in [3.63, 3.8) is 0 Å². The maximum absolute atomic E-state index is 5.25. The van der Waals surface area contributed by atoms with Crippen LogP contribution in [0.15, 0.2) is 174 Å². The van der Waals surface area contributed by atoms with Crippen LogP contribution in [0.4, 0.5) is 0 Å². The summed E-state index contributed by atoms with van der Waals surface area (Å²) in [6, 6.07) is 52.6. The van der Waals surface area contributed by atoms with Crippen LogP contribution in [-0.2, 0) is 0 Å². The Morgan fingerprint density at radius 3 is 2.08 bits per heavy atom. The van der Waals surface area contributed by atoms with Gasteiger partial charge in [0.15, 0.2) is 5.84 Å². The first-order chi connectivity index (χ1) is 23.8. The van der Waals surface area contributed by atoms with Crippen LogP contribution in [-0.4, -0.2) is 21.6 Å². The third-order valence-electron chi connectivity index (χ3n) is 8.95. The highest BCUT2D eigenvalue weighted by atomic mass is 15.2. The van der Waals surface area contributed by atoms with Gasteiger partial charge in [-0.05, 0) is 69.2 Å². The zero-order chi connectivity index (χ0) is 31.9. The van der Waals surface area contributed by atoms with Crippen molar-refractivity contribution in [2.24, 2.45) is 9.98 Å². The number of pyridine rings is 2. The highest BCUT2D eigenvalue weighted by Gasteiger charge is 2.23. The molecule has 0 fully saturated rings. The van der Waals surface area contributed by atoms with E-state index in [9.17, 15) is 0 Å². The fourth-order valence-electron chi connectivity index (χ4n) is 6.58. The number of para-hydroxylation sites is 1. The maximum Gasteiger partial charge on any atom is 0.159 e. The molecule has 0 radical (unpaired) electrons. The van der Waals surface area contributed by atoms with Crippen LogP contribution < -0.4 is 5.32 Å². The molecule has 3 heterocycles. The molecule has 0 saturated carbocycles. The summed E-state index contributed by atoms with van der Waals surface area (Å²) in [5.41, 5.74) is 8.04. The number of hydrogen-bond acceptors (Lipinski definition) is 5. The van der Waals surface area contributed by atoms with Crippen LogP contribution in [0.1, 0.15) is 22.9 Å². The van der Waals surface area contributed by atoms with Crippen molar-refractivity contribution in [1.82, 2.24) is 15.3 Å². The van der Waals surface area contributed by atoms with Gasteiger partial charge in [-0.15, -0.1) is 0 Å². The van der Waals surface area contributed by atoms with E-state index in [4.69, 9.17) is 15.0 Å². The van der Waals surface area contributed by atoms with E-state index in [1.807, 2.05) is 54.9 Å². The highest BCUT2D eigenvalue weighted by molar-refractivity contribution is 6.13. The van der Waals surface area contributed by atoms with Gasteiger partial charge >= 0.3 is 0 Å². The van der Waals surface area contributed by atoms with E-state index in [0.29, 0.717) is 5.84 Å². The van der Waals surface area contributed by atoms with E-state index >= 15 is 0 Å². The van der Waals surface area contributed by atoms with E-state index in [1.165, 1.54) is 10.8 Å². The molecule has 0 aliphatic carbocycles. The van der Waals surface area contributed by atoms with Crippen LogP contribution in [0.2, 0.25) is 0 Å². The average molecular weight is 616 g/mol. The Balaban J connectivity index is 1.28. The van der Waals surface area contributed by atoms with Crippen LogP contribution in [0.3, 0.4) is 0 Å². The first-order valence-electron chi connectivity index (χ1n) is 16.1. The van der Waals surface area contributed by atoms with Crippen LogP contribution >= 0.6 is 0 Å². The molecule has 226 valence electrons. The number of aromatic nitrogens is 2. The van der Waals surface area contributed by atoms with E-state index in [0.717, 1.165) is 66.6 Å². The highest BCUT2D eigenvalue weighted by Crippen LogP contribution is 2.37. The van der Waals surface area contributed by atoms with E-state index < -0.39 is 6.17 Å². The Morgan fingerprint density at radius 2 is 1.23 bits per heavy atom. The molecule has 0 bridgehead atoms. The zero-order valence-corrected chi connectivity index (χ0v) is 26.0. The summed E-state index contributed by atoms with van der Waals surface area (Å²) in [7, 11) is 0. The lowest BCUT2D eigenvalue weighted by Gasteiger charge is -2.25. The molecule has 1 atom stereocenters. The summed E-state index contributed by atoms with van der Waals surface area (Å²) < 4.78 is 0. The molecular weight excluding hydrogens is 587 g/mol. The number of aliphatic imine (C=N–C) groups is 2. The Hall–Kier alpha value is -6.46. The second-order valence-electron chi connectivity index (χ2n) is 12.0. The smallest absolute Gasteiger partial charge is 0.159 e. The second kappa shape index (κ2) is 11.7. The van der Waals surface area contributed by atoms with Crippen molar-refractivity contribution in [1.29, 1.82) is 0 Å². The number of fused-ring (bicyclic) bond motifs is 4. The normalized spacial score (nSPS) is 14.5. The predicted octanol–water partition coefficient (Wildman–Crippen LogP) is 9.77. The molecule has 0 saturated heterocycles. The molecular formula is C43H29N5. The van der Waals surface area contributed by atoms with Gasteiger partial charge in [0, 0.05) is 39.9 Å². The third kappa shape index (κ3) is 5.08. The Labute approximate surface area is 278 Å². The molecule has 0 spiro atoms. The lowest BCUT2D eigenvalue weighted by molar-refractivity contribution is 0.674. The first kappa shape index (κ1) is 27.8. The van der Waals surface area contributed by atoms with Crippen LogP contribution in [0, 0.1) is 0 Å². The summed E-state index contributed by atoms with van der Waals surface area (Å²) in [4.78, 5) is 20.0. The van der Waals surface area contributed by atoms with Crippen molar-refractivity contribution >= 4 is 44.1 Å². The maximum atomic E-state index is 5.25. The topological polar surface area (TPSA) is 62.5 Å². The SMILES string of the molecule is c1ccc(C2=NC(c3cc(-c4ccc5ccccc5c4)cc(-c4nc5ccccc5c5ccncc45)c3)NC(c3ccccc3)=N2)cc1. The molecule has 48 heavy (non-hydrogen) atoms. The lowest BCUT2D eigenvalue weighted by atomic mass is 9.93. The van der Waals surface area contributed by atoms with Gasteiger partial charge in [0.1, 0.15) is 12.0 Å². The monoisotopic (exact) mass is 615 g/mol. The molecule has 5 nitrogen and oxygen atoms in total. The van der Waals surface area contributed by atoms with Gasteiger partial charge in [-0.3, -0.25) is 4.98 Å². The van der Waals surface area contributed by atoms with Crippen LogP contribution in [0.5, 0.6) is 0 Å². The minimum absolute atomic E-state index is 0.392. The van der Waals surface area contributed by atoms with Gasteiger partial charge in [0.25, 0.3) is 0 Å². The molecule has 1 unspecified atom stereocenters. The van der Waals surface area contributed by atoms with Crippen molar-refractivity contribution in [3.8, 4) is 22.4 Å². The third-order valence-corrected chi connectivity index (χ3v) is 8.95. The predicted molar refractivity (Wildman–Crippen MR) is 197 cm³/mol. The van der Waals surface area contributed by atoms with Crippen molar-refractivity contribution < 1.29 is 0 Å². The number of hydrogen-bond donors (Lipinski definition) is 1. The Morgan fingerprint density at radius 1 is 0.500 bits per heavy atom. The number of nitrogens with zero attached hydrogens (tertiary/aromatic N) is 4. The molecule has 9 rings (SSSR count). The number of amidine groups is 2. The van der Waals surface area contributed by atoms with Crippen molar-refractivity contribution in [2.75, 3.05) is 0 Å². The molecule has 0 amide bonds. The summed E-state index contributed by atoms with van der Waals surface area (Å²) >= 11 is 0. The van der Waals surface area contributed by atoms with Gasteiger partial charge < -0.3 is 5.32 Å². The second-order valence-corrected chi connectivity index (χ2v) is 12.0. The molecule has 6 aromatic carbocycles. The molecule has 1 N–H and O–H groups in total. The summed E-state index contributed by atoms with van der Waals surface area (Å²) in [5.74, 6) is 1.47. The summed E-state index contributed by atoms with van der Waals surface area (Å²) in [5, 5.41) is 9.32. The zero-order valence-electron chi connectivity index (χ0n) is 26.0. The molecule has 2 aromatic heterocycles. The molecule has 1 aliphatic heterocycles. The lowest BCUT2D eigenvalue weighted by Crippen LogP contribution is -2.33. The fraction of sp³-hybridized carbons (Fsp3) is 0.0233. The quantitative estimate of drug-likeness (QED) is 0.196. The molecule has 8 aromatic rings. The molecule has 5 heteroatoms. The first-order valence-corrected chi connectivity index (χ1v) is 16.1. The van der Waals surface area contributed by atoms with Gasteiger partial charge in [-0.2, -0.15) is 0 Å². The van der Waals surface area contributed by atoms with Gasteiger partial charge in [-0.25, -0.2) is 15.0 Å². The Bertz CT molecular complexity index is 2540. The summed E-state index contributed by atoms with van der Waals surface area (Å²) in [6.07, 6.45) is 3.39. The standard InChI is InChI=1S/C43H29N5/c1-3-12-29(13-4-1)41-46-42(30-14-5-2-6-15-30)48-43(47-41)35-25-33(32-20-19-28-11-7-8-16-31(28)23-32)24-34(26-35)40-38-27-44-22-21-36(38)37-17-9-10-18-39(37)45-40/h1-27,43H,(H,46,47,48). The van der Waals surface area contributed by atoms with Crippen LogP contribution in [0.25, 0.3) is 54.8 Å². The number of rotatable bonds is 5. The van der Waals surface area contributed by atoms with Gasteiger partial charge in [0.2, 0.25) is 0 Å². The summed E-state index contributed by atoms with van der Waals surface area (Å²) in [6.45, 7) is 0.